The monoisotopic (exact) mass is 394 g/mol. The van der Waals surface area contributed by atoms with Crippen LogP contribution in [0.15, 0.2) is 52.9 Å². The highest BCUT2D eigenvalue weighted by molar-refractivity contribution is 5.97. The minimum absolute atomic E-state index is 0.0339. The largest absolute Gasteiger partial charge is 0.454 e. The van der Waals surface area contributed by atoms with Crippen LogP contribution >= 0.6 is 0 Å². The number of hydrogen-bond donors (Lipinski definition) is 1. The zero-order valence-electron chi connectivity index (χ0n) is 15.8. The van der Waals surface area contributed by atoms with Gasteiger partial charge in [-0.1, -0.05) is 18.2 Å². The molecule has 1 aliphatic heterocycles. The molecule has 1 N–H and O–H groups in total. The molecule has 0 unspecified atom stereocenters. The number of nitrogens with one attached hydrogen (secondary N) is 1. The number of aryl methyl sites for hydroxylation is 1. The van der Waals surface area contributed by atoms with Crippen LogP contribution < -0.4 is 14.8 Å². The minimum atomic E-state index is -1.04. The van der Waals surface area contributed by atoms with Gasteiger partial charge in [0.1, 0.15) is 5.76 Å². The Kier molecular flexibility index (Phi) is 4.90. The van der Waals surface area contributed by atoms with Gasteiger partial charge in [-0.05, 0) is 38.1 Å². The molecule has 1 atom stereocenters. The van der Waals surface area contributed by atoms with E-state index in [2.05, 4.69) is 10.3 Å². The third kappa shape index (κ3) is 3.91. The topological polar surface area (TPSA) is 99.9 Å². The van der Waals surface area contributed by atoms with Crippen LogP contribution in [0, 0.1) is 6.92 Å². The number of amides is 1. The summed E-state index contributed by atoms with van der Waals surface area (Å²) < 4.78 is 21.3. The first-order chi connectivity index (χ1) is 14.0. The van der Waals surface area contributed by atoms with Crippen molar-refractivity contribution < 1.29 is 28.2 Å². The van der Waals surface area contributed by atoms with Crippen molar-refractivity contribution in [3.63, 3.8) is 0 Å². The fourth-order valence-corrected chi connectivity index (χ4v) is 2.78. The number of hydrogen-bond acceptors (Lipinski definition) is 7. The van der Waals surface area contributed by atoms with E-state index in [9.17, 15) is 9.59 Å². The molecular weight excluding hydrogens is 376 g/mol. The minimum Gasteiger partial charge on any atom is -0.454 e. The van der Waals surface area contributed by atoms with Gasteiger partial charge >= 0.3 is 5.97 Å². The molecule has 1 aliphatic rings. The standard InChI is InChI=1S/C21H18N2O6/c1-12-18(23-20(28-12)14-6-4-3-5-7-14)21(25)29-13(2)19(24)22-15-8-9-16-17(10-15)27-11-26-16/h3-10,13H,11H2,1-2H3,(H,22,24)/t13-/m1/s1. The van der Waals surface area contributed by atoms with Crippen LogP contribution in [-0.2, 0) is 9.53 Å². The van der Waals surface area contributed by atoms with Crippen LogP contribution in [0.25, 0.3) is 11.5 Å². The van der Waals surface area contributed by atoms with E-state index in [0.717, 1.165) is 5.56 Å². The number of rotatable bonds is 5. The number of fused-ring (bicyclic) bond motifs is 1. The van der Waals surface area contributed by atoms with Crippen molar-refractivity contribution in [2.45, 2.75) is 20.0 Å². The van der Waals surface area contributed by atoms with E-state index in [-0.39, 0.29) is 12.5 Å². The second-order valence-electron chi connectivity index (χ2n) is 6.39. The molecule has 0 bridgehead atoms. The Morgan fingerprint density at radius 1 is 1.10 bits per heavy atom. The molecule has 0 spiro atoms. The fourth-order valence-electron chi connectivity index (χ4n) is 2.78. The molecule has 8 heteroatoms. The summed E-state index contributed by atoms with van der Waals surface area (Å²) in [6.45, 7) is 3.24. The van der Waals surface area contributed by atoms with E-state index in [1.165, 1.54) is 6.92 Å². The van der Waals surface area contributed by atoms with E-state index >= 15 is 0 Å². The zero-order chi connectivity index (χ0) is 20.4. The Bertz CT molecular complexity index is 1060. The lowest BCUT2D eigenvalue weighted by Crippen LogP contribution is -2.30. The summed E-state index contributed by atoms with van der Waals surface area (Å²) in [5.74, 6) is 0.561. The van der Waals surface area contributed by atoms with Gasteiger partial charge in [-0.25, -0.2) is 9.78 Å². The summed E-state index contributed by atoms with van der Waals surface area (Å²) in [7, 11) is 0. The number of anilines is 1. The first kappa shape index (κ1) is 18.5. The molecule has 1 amide bonds. The third-order valence-corrected chi connectivity index (χ3v) is 4.30. The van der Waals surface area contributed by atoms with Crippen molar-refractivity contribution in [2.75, 3.05) is 12.1 Å². The molecule has 29 heavy (non-hydrogen) atoms. The first-order valence-corrected chi connectivity index (χ1v) is 8.95. The summed E-state index contributed by atoms with van der Waals surface area (Å²) in [6.07, 6.45) is -1.04. The maximum Gasteiger partial charge on any atom is 0.361 e. The molecule has 148 valence electrons. The average Bonchev–Trinajstić information content (AvgIpc) is 3.34. The van der Waals surface area contributed by atoms with Crippen LogP contribution in [0.4, 0.5) is 5.69 Å². The molecule has 0 saturated carbocycles. The molecule has 8 nitrogen and oxygen atoms in total. The van der Waals surface area contributed by atoms with Crippen molar-refractivity contribution in [3.8, 4) is 23.0 Å². The molecular formula is C21H18N2O6. The Morgan fingerprint density at radius 3 is 2.66 bits per heavy atom. The van der Waals surface area contributed by atoms with E-state index in [0.29, 0.717) is 28.8 Å². The van der Waals surface area contributed by atoms with Crippen molar-refractivity contribution in [2.24, 2.45) is 0 Å². The van der Waals surface area contributed by atoms with Crippen molar-refractivity contribution in [1.82, 2.24) is 4.98 Å². The molecule has 0 radical (unpaired) electrons. The second-order valence-corrected chi connectivity index (χ2v) is 6.39. The number of benzene rings is 2. The summed E-state index contributed by atoms with van der Waals surface area (Å²) in [4.78, 5) is 29.1. The smallest absolute Gasteiger partial charge is 0.361 e. The molecule has 1 aromatic heterocycles. The predicted octanol–water partition coefficient (Wildman–Crippen LogP) is 3.56. The van der Waals surface area contributed by atoms with E-state index < -0.39 is 18.0 Å². The van der Waals surface area contributed by atoms with Gasteiger partial charge in [-0.3, -0.25) is 4.79 Å². The maximum absolute atomic E-state index is 12.5. The van der Waals surface area contributed by atoms with Gasteiger partial charge in [0.2, 0.25) is 12.7 Å². The number of nitrogens with zero attached hydrogens (tertiary/aromatic N) is 1. The first-order valence-electron chi connectivity index (χ1n) is 8.95. The normalized spacial score (nSPS) is 13.0. The molecule has 0 aliphatic carbocycles. The Morgan fingerprint density at radius 2 is 1.86 bits per heavy atom. The summed E-state index contributed by atoms with van der Waals surface area (Å²) in [6, 6.07) is 14.2. The molecule has 4 rings (SSSR count). The Labute approximate surface area is 166 Å². The molecule has 3 aromatic rings. The summed E-state index contributed by atoms with van der Waals surface area (Å²) in [5.41, 5.74) is 1.28. The van der Waals surface area contributed by atoms with E-state index in [1.54, 1.807) is 25.1 Å². The lowest BCUT2D eigenvalue weighted by Gasteiger charge is -2.13. The van der Waals surface area contributed by atoms with Crippen LogP contribution in [0.5, 0.6) is 11.5 Å². The van der Waals surface area contributed by atoms with Gasteiger partial charge in [0, 0.05) is 17.3 Å². The van der Waals surface area contributed by atoms with E-state index in [4.69, 9.17) is 18.6 Å². The van der Waals surface area contributed by atoms with E-state index in [1.807, 2.05) is 30.3 Å². The Balaban J connectivity index is 1.41. The number of carbonyl (C=O) groups is 2. The number of oxazole rings is 1. The van der Waals surface area contributed by atoms with Gasteiger partial charge in [0.15, 0.2) is 23.3 Å². The number of aromatic nitrogens is 1. The highest BCUT2D eigenvalue weighted by atomic mass is 16.7. The number of carbonyl (C=O) groups excluding carboxylic acids is 2. The maximum atomic E-state index is 12.5. The van der Waals surface area contributed by atoms with Crippen molar-refractivity contribution in [1.29, 1.82) is 0 Å². The lowest BCUT2D eigenvalue weighted by molar-refractivity contribution is -0.123. The average molecular weight is 394 g/mol. The summed E-state index contributed by atoms with van der Waals surface area (Å²) in [5, 5.41) is 2.68. The van der Waals surface area contributed by atoms with Gasteiger partial charge < -0.3 is 23.9 Å². The number of esters is 1. The van der Waals surface area contributed by atoms with Gasteiger partial charge in [-0.2, -0.15) is 0 Å². The highest BCUT2D eigenvalue weighted by Gasteiger charge is 2.25. The molecule has 0 fully saturated rings. The molecule has 2 heterocycles. The predicted molar refractivity (Wildman–Crippen MR) is 103 cm³/mol. The van der Waals surface area contributed by atoms with Crippen molar-refractivity contribution >= 4 is 17.6 Å². The quantitative estimate of drug-likeness (QED) is 0.661. The molecule has 0 saturated heterocycles. The fraction of sp³-hybridized carbons (Fsp3) is 0.190. The van der Waals surface area contributed by atoms with Crippen LogP contribution in [0.2, 0.25) is 0 Å². The zero-order valence-corrected chi connectivity index (χ0v) is 15.8. The van der Waals surface area contributed by atoms with Crippen LogP contribution in [-0.4, -0.2) is 29.8 Å². The SMILES string of the molecule is Cc1oc(-c2ccccc2)nc1C(=O)O[C@H](C)C(=O)Nc1ccc2c(c1)OCO2. The second kappa shape index (κ2) is 7.67. The Hall–Kier alpha value is -3.81. The summed E-state index contributed by atoms with van der Waals surface area (Å²) >= 11 is 0. The van der Waals surface area contributed by atoms with Crippen LogP contribution in [0.1, 0.15) is 23.2 Å². The number of ether oxygens (including phenoxy) is 3. The van der Waals surface area contributed by atoms with Crippen LogP contribution in [0.3, 0.4) is 0 Å². The molecule has 2 aromatic carbocycles. The third-order valence-electron chi connectivity index (χ3n) is 4.30. The van der Waals surface area contributed by atoms with Gasteiger partial charge in [-0.15, -0.1) is 0 Å². The van der Waals surface area contributed by atoms with Crippen molar-refractivity contribution in [3.05, 3.63) is 60.0 Å². The lowest BCUT2D eigenvalue weighted by atomic mass is 10.2. The van der Waals surface area contributed by atoms with Gasteiger partial charge in [0.25, 0.3) is 5.91 Å². The van der Waals surface area contributed by atoms with Gasteiger partial charge in [0.05, 0.1) is 0 Å². The highest BCUT2D eigenvalue weighted by Crippen LogP contribution is 2.34.